The highest BCUT2D eigenvalue weighted by Gasteiger charge is 2.23. The van der Waals surface area contributed by atoms with Crippen molar-refractivity contribution in [3.8, 4) is 0 Å². The van der Waals surface area contributed by atoms with E-state index in [1.54, 1.807) is 0 Å². The van der Waals surface area contributed by atoms with Gasteiger partial charge < -0.3 is 4.74 Å². The van der Waals surface area contributed by atoms with Crippen LogP contribution in [0, 0.1) is 0 Å². The van der Waals surface area contributed by atoms with Gasteiger partial charge in [0.2, 0.25) is 0 Å². The Hall–Kier alpha value is -2.23. The van der Waals surface area contributed by atoms with E-state index >= 15 is 0 Å². The molecule has 1 saturated heterocycles. The Bertz CT molecular complexity index is 803. The molecule has 122 valence electrons. The van der Waals surface area contributed by atoms with E-state index in [0.717, 1.165) is 31.6 Å². The Morgan fingerprint density at radius 2 is 1.92 bits per heavy atom. The second kappa shape index (κ2) is 7.12. The zero-order valence-electron chi connectivity index (χ0n) is 13.8. The third kappa shape index (κ3) is 3.64. The third-order valence-corrected chi connectivity index (χ3v) is 4.63. The van der Waals surface area contributed by atoms with Gasteiger partial charge in [-0.05, 0) is 35.7 Å². The Morgan fingerprint density at radius 3 is 2.83 bits per heavy atom. The summed E-state index contributed by atoms with van der Waals surface area (Å²) in [6.07, 6.45) is 3.30. The topological polar surface area (TPSA) is 25.4 Å². The lowest BCUT2D eigenvalue weighted by Crippen LogP contribution is -2.23. The van der Waals surface area contributed by atoms with Gasteiger partial charge in [-0.1, -0.05) is 42.5 Å². The zero-order chi connectivity index (χ0) is 16.2. The van der Waals surface area contributed by atoms with Crippen LogP contribution in [0.1, 0.15) is 17.5 Å². The molecule has 0 N–H and O–H groups in total. The molecule has 1 aromatic heterocycles. The van der Waals surface area contributed by atoms with Gasteiger partial charge >= 0.3 is 0 Å². The monoisotopic (exact) mass is 318 g/mol. The summed E-state index contributed by atoms with van der Waals surface area (Å²) < 4.78 is 6.08. The van der Waals surface area contributed by atoms with Crippen molar-refractivity contribution in [2.45, 2.75) is 25.7 Å². The minimum Gasteiger partial charge on any atom is -0.372 e. The van der Waals surface area contributed by atoms with E-state index in [1.165, 1.54) is 16.5 Å². The van der Waals surface area contributed by atoms with Crippen molar-refractivity contribution < 1.29 is 4.74 Å². The van der Waals surface area contributed by atoms with Gasteiger partial charge in [0.15, 0.2) is 0 Å². The highest BCUT2D eigenvalue weighted by molar-refractivity contribution is 5.78. The minimum atomic E-state index is 0.340. The molecule has 1 atom stereocenters. The van der Waals surface area contributed by atoms with Crippen LogP contribution in [0.5, 0.6) is 0 Å². The van der Waals surface area contributed by atoms with E-state index < -0.39 is 0 Å². The van der Waals surface area contributed by atoms with Crippen LogP contribution in [0.3, 0.4) is 0 Å². The van der Waals surface area contributed by atoms with Gasteiger partial charge in [-0.25, -0.2) is 0 Å². The molecular formula is C21H22N2O. The van der Waals surface area contributed by atoms with Crippen LogP contribution in [-0.4, -0.2) is 29.1 Å². The Balaban J connectivity index is 1.33. The van der Waals surface area contributed by atoms with Crippen molar-refractivity contribution in [2.24, 2.45) is 0 Å². The fourth-order valence-corrected chi connectivity index (χ4v) is 3.35. The number of ether oxygens (including phenoxy) is 1. The zero-order valence-corrected chi connectivity index (χ0v) is 13.8. The number of fused-ring (bicyclic) bond motifs is 1. The highest BCUT2D eigenvalue weighted by atomic mass is 16.5. The Labute approximate surface area is 142 Å². The number of rotatable bonds is 5. The van der Waals surface area contributed by atoms with Crippen molar-refractivity contribution in [3.05, 3.63) is 78.0 Å². The summed E-state index contributed by atoms with van der Waals surface area (Å²) in [6, 6.07) is 21.1. The number of pyridine rings is 1. The number of benzene rings is 2. The first-order valence-corrected chi connectivity index (χ1v) is 8.58. The van der Waals surface area contributed by atoms with Crippen LogP contribution in [0.2, 0.25) is 0 Å². The van der Waals surface area contributed by atoms with Crippen LogP contribution in [0.4, 0.5) is 0 Å². The summed E-state index contributed by atoms with van der Waals surface area (Å²) in [6.45, 7) is 3.81. The van der Waals surface area contributed by atoms with Gasteiger partial charge in [-0.15, -0.1) is 0 Å². The molecule has 3 heteroatoms. The van der Waals surface area contributed by atoms with Crippen molar-refractivity contribution in [3.63, 3.8) is 0 Å². The van der Waals surface area contributed by atoms with Crippen LogP contribution in [0.25, 0.3) is 10.9 Å². The quantitative estimate of drug-likeness (QED) is 0.710. The molecule has 0 aliphatic carbocycles. The molecule has 0 saturated carbocycles. The van der Waals surface area contributed by atoms with Gasteiger partial charge in [0.1, 0.15) is 0 Å². The molecule has 1 unspecified atom stereocenters. The summed E-state index contributed by atoms with van der Waals surface area (Å²) >= 11 is 0. The maximum atomic E-state index is 6.08. The Kier molecular flexibility index (Phi) is 4.54. The number of hydrogen-bond acceptors (Lipinski definition) is 3. The lowest BCUT2D eigenvalue weighted by atomic mass is 10.1. The molecule has 3 nitrogen and oxygen atoms in total. The number of nitrogens with zero attached hydrogens (tertiary/aromatic N) is 2. The molecule has 0 bridgehead atoms. The summed E-state index contributed by atoms with van der Waals surface area (Å²) in [4.78, 5) is 6.87. The second-order valence-corrected chi connectivity index (χ2v) is 6.47. The first-order valence-electron chi connectivity index (χ1n) is 8.58. The maximum absolute atomic E-state index is 6.08. The van der Waals surface area contributed by atoms with Crippen LogP contribution in [-0.2, 0) is 17.9 Å². The summed E-state index contributed by atoms with van der Waals surface area (Å²) in [5.74, 6) is 0. The number of hydrogen-bond donors (Lipinski definition) is 0. The molecule has 24 heavy (non-hydrogen) atoms. The summed E-state index contributed by atoms with van der Waals surface area (Å²) in [7, 11) is 0. The van der Waals surface area contributed by atoms with Crippen molar-refractivity contribution in [1.82, 2.24) is 9.88 Å². The highest BCUT2D eigenvalue weighted by Crippen LogP contribution is 2.19. The normalized spacial score (nSPS) is 18.2. The first-order chi connectivity index (χ1) is 11.9. The van der Waals surface area contributed by atoms with E-state index in [-0.39, 0.29) is 0 Å². The average Bonchev–Trinajstić information content (AvgIpc) is 3.08. The third-order valence-electron chi connectivity index (χ3n) is 4.63. The molecular weight excluding hydrogens is 296 g/mol. The molecule has 2 aromatic carbocycles. The summed E-state index contributed by atoms with van der Waals surface area (Å²) in [5, 5.41) is 1.21. The molecule has 4 rings (SSSR count). The van der Waals surface area contributed by atoms with Crippen LogP contribution >= 0.6 is 0 Å². The standard InChI is InChI=1S/C21H22N2O/c1-2-5-17(6-3-1)16-24-20-10-12-23(15-20)14-18-8-9-21-19(13-18)7-4-11-22-21/h1-9,11,13,20H,10,12,14-16H2. The fourth-order valence-electron chi connectivity index (χ4n) is 3.35. The molecule has 2 heterocycles. The lowest BCUT2D eigenvalue weighted by molar-refractivity contribution is 0.0461. The van der Waals surface area contributed by atoms with Crippen LogP contribution in [0.15, 0.2) is 66.9 Å². The van der Waals surface area contributed by atoms with Crippen molar-refractivity contribution >= 4 is 10.9 Å². The number of likely N-dealkylation sites (tertiary alicyclic amines) is 1. The van der Waals surface area contributed by atoms with E-state index in [9.17, 15) is 0 Å². The van der Waals surface area contributed by atoms with Crippen molar-refractivity contribution in [1.29, 1.82) is 0 Å². The summed E-state index contributed by atoms with van der Waals surface area (Å²) in [5.41, 5.74) is 3.66. The van der Waals surface area contributed by atoms with Gasteiger partial charge in [0.25, 0.3) is 0 Å². The predicted molar refractivity (Wildman–Crippen MR) is 96.7 cm³/mol. The fraction of sp³-hybridized carbons (Fsp3) is 0.286. The predicted octanol–water partition coefficient (Wildman–Crippen LogP) is 4.03. The van der Waals surface area contributed by atoms with Gasteiger partial charge in [-0.3, -0.25) is 9.88 Å². The van der Waals surface area contributed by atoms with Crippen LogP contribution < -0.4 is 0 Å². The van der Waals surface area contributed by atoms with E-state index in [0.29, 0.717) is 12.7 Å². The molecule has 1 aliphatic heterocycles. The minimum absolute atomic E-state index is 0.340. The maximum Gasteiger partial charge on any atom is 0.0721 e. The van der Waals surface area contributed by atoms with E-state index in [1.807, 2.05) is 18.3 Å². The van der Waals surface area contributed by atoms with Gasteiger partial charge in [-0.2, -0.15) is 0 Å². The van der Waals surface area contributed by atoms with Gasteiger partial charge in [0, 0.05) is 31.2 Å². The van der Waals surface area contributed by atoms with Gasteiger partial charge in [0.05, 0.1) is 18.2 Å². The molecule has 0 radical (unpaired) electrons. The SMILES string of the molecule is c1ccc(COC2CCN(Cc3ccc4ncccc4c3)C2)cc1. The average molecular weight is 318 g/mol. The van der Waals surface area contributed by atoms with E-state index in [4.69, 9.17) is 4.74 Å². The van der Waals surface area contributed by atoms with Crippen molar-refractivity contribution in [2.75, 3.05) is 13.1 Å². The Morgan fingerprint density at radius 1 is 1.00 bits per heavy atom. The smallest absolute Gasteiger partial charge is 0.0721 e. The molecule has 0 spiro atoms. The largest absolute Gasteiger partial charge is 0.372 e. The first kappa shape index (κ1) is 15.3. The number of aromatic nitrogens is 1. The van der Waals surface area contributed by atoms with E-state index in [2.05, 4.69) is 58.4 Å². The molecule has 3 aromatic rings. The molecule has 0 amide bonds. The molecule has 1 fully saturated rings. The molecule has 1 aliphatic rings. The second-order valence-electron chi connectivity index (χ2n) is 6.47. The lowest BCUT2D eigenvalue weighted by Gasteiger charge is -2.16.